The van der Waals surface area contributed by atoms with Gasteiger partial charge in [-0.2, -0.15) is 0 Å². The quantitative estimate of drug-likeness (QED) is 0.668. The minimum atomic E-state index is -0.275. The van der Waals surface area contributed by atoms with Crippen molar-refractivity contribution in [2.75, 3.05) is 6.61 Å². The molecule has 0 aliphatic heterocycles. The second-order valence-electron chi connectivity index (χ2n) is 5.21. The number of aromatic nitrogens is 2. The third-order valence-electron chi connectivity index (χ3n) is 3.58. The van der Waals surface area contributed by atoms with Gasteiger partial charge in [-0.3, -0.25) is 4.79 Å². The number of fused-ring (bicyclic) bond motifs is 1. The lowest BCUT2D eigenvalue weighted by molar-refractivity contribution is -0.142. The fraction of sp³-hybridized carbons (Fsp3) is 0.222. The van der Waals surface area contributed by atoms with Crippen LogP contribution in [0.5, 0.6) is 0 Å². The van der Waals surface area contributed by atoms with Gasteiger partial charge in [-0.25, -0.2) is 4.98 Å². The Bertz CT molecular complexity index is 828. The van der Waals surface area contributed by atoms with Crippen molar-refractivity contribution in [3.63, 3.8) is 0 Å². The van der Waals surface area contributed by atoms with Gasteiger partial charge in [-0.05, 0) is 30.7 Å². The van der Waals surface area contributed by atoms with E-state index >= 15 is 0 Å². The van der Waals surface area contributed by atoms with Crippen LogP contribution in [0.4, 0.5) is 0 Å². The zero-order valence-corrected chi connectivity index (χ0v) is 13.6. The number of nitrogens with zero attached hydrogens (tertiary/aromatic N) is 2. The molecule has 0 saturated heterocycles. The first kappa shape index (κ1) is 15.6. The van der Waals surface area contributed by atoms with Crippen molar-refractivity contribution in [1.29, 1.82) is 0 Å². The molecule has 2 aromatic carbocycles. The summed E-state index contributed by atoms with van der Waals surface area (Å²) in [4.78, 5) is 16.4. The highest BCUT2D eigenvalue weighted by molar-refractivity contribution is 6.31. The van der Waals surface area contributed by atoms with Crippen molar-refractivity contribution >= 4 is 28.6 Å². The van der Waals surface area contributed by atoms with Crippen LogP contribution in [0.2, 0.25) is 5.02 Å². The first-order valence-electron chi connectivity index (χ1n) is 7.51. The number of esters is 1. The highest BCUT2D eigenvalue weighted by Crippen LogP contribution is 2.22. The van der Waals surface area contributed by atoms with E-state index in [-0.39, 0.29) is 12.4 Å². The first-order valence-corrected chi connectivity index (χ1v) is 7.89. The van der Waals surface area contributed by atoms with Crippen LogP contribution < -0.4 is 0 Å². The number of hydrogen-bond acceptors (Lipinski definition) is 3. The lowest BCUT2D eigenvalue weighted by atomic mass is 10.2. The molecule has 1 heterocycles. The van der Waals surface area contributed by atoms with E-state index < -0.39 is 0 Å². The Morgan fingerprint density at radius 1 is 1.22 bits per heavy atom. The number of hydrogen-bond donors (Lipinski definition) is 0. The summed E-state index contributed by atoms with van der Waals surface area (Å²) in [5.41, 5.74) is 2.89. The minimum absolute atomic E-state index is 0.146. The standard InChI is InChI=1S/C18H17ClN2O2/c1-2-23-18(22)11-17-20-15-10-14(19)8-9-16(15)21(17)12-13-6-4-3-5-7-13/h3-10H,2,11-12H2,1H3. The maximum atomic E-state index is 11.9. The lowest BCUT2D eigenvalue weighted by Gasteiger charge is -2.09. The summed E-state index contributed by atoms with van der Waals surface area (Å²) in [6, 6.07) is 15.7. The van der Waals surface area contributed by atoms with Gasteiger partial charge in [0.05, 0.1) is 17.6 Å². The van der Waals surface area contributed by atoms with Crippen molar-refractivity contribution in [2.45, 2.75) is 19.9 Å². The average Bonchev–Trinajstić information content (AvgIpc) is 2.85. The summed E-state index contributed by atoms with van der Waals surface area (Å²) in [6.07, 6.45) is 0.146. The summed E-state index contributed by atoms with van der Waals surface area (Å²) in [5, 5.41) is 0.629. The first-order chi connectivity index (χ1) is 11.2. The Morgan fingerprint density at radius 2 is 2.00 bits per heavy atom. The normalized spacial score (nSPS) is 10.9. The highest BCUT2D eigenvalue weighted by Gasteiger charge is 2.15. The SMILES string of the molecule is CCOC(=O)Cc1nc2cc(Cl)ccc2n1Cc1ccccc1. The third-order valence-corrected chi connectivity index (χ3v) is 3.82. The largest absolute Gasteiger partial charge is 0.466 e. The van der Waals surface area contributed by atoms with Crippen molar-refractivity contribution < 1.29 is 9.53 Å². The van der Waals surface area contributed by atoms with Gasteiger partial charge in [0.15, 0.2) is 0 Å². The van der Waals surface area contributed by atoms with E-state index in [1.807, 2.05) is 41.0 Å². The highest BCUT2D eigenvalue weighted by atomic mass is 35.5. The molecule has 0 unspecified atom stereocenters. The molecule has 0 bridgehead atoms. The Kier molecular flexibility index (Phi) is 4.63. The molecule has 4 nitrogen and oxygen atoms in total. The van der Waals surface area contributed by atoms with Gasteiger partial charge in [0, 0.05) is 11.6 Å². The molecule has 0 radical (unpaired) electrons. The Balaban J connectivity index is 2.02. The van der Waals surface area contributed by atoms with E-state index in [4.69, 9.17) is 16.3 Å². The second kappa shape index (κ2) is 6.84. The number of carbonyl (C=O) groups is 1. The van der Waals surface area contributed by atoms with Crippen LogP contribution in [-0.2, 0) is 22.5 Å². The number of halogens is 1. The minimum Gasteiger partial charge on any atom is -0.466 e. The molecule has 0 saturated carbocycles. The van der Waals surface area contributed by atoms with Gasteiger partial charge < -0.3 is 9.30 Å². The smallest absolute Gasteiger partial charge is 0.313 e. The maximum absolute atomic E-state index is 11.9. The molecule has 3 rings (SSSR count). The Morgan fingerprint density at radius 3 is 2.74 bits per heavy atom. The third kappa shape index (κ3) is 3.54. The molecule has 0 fully saturated rings. The maximum Gasteiger partial charge on any atom is 0.313 e. The molecular formula is C18H17ClN2O2. The molecule has 0 amide bonds. The van der Waals surface area contributed by atoms with Crippen molar-refractivity contribution in [3.05, 3.63) is 64.9 Å². The van der Waals surface area contributed by atoms with E-state index in [9.17, 15) is 4.79 Å². The van der Waals surface area contributed by atoms with E-state index in [0.717, 1.165) is 16.6 Å². The molecule has 1 aromatic heterocycles. The van der Waals surface area contributed by atoms with Crippen LogP contribution in [0.3, 0.4) is 0 Å². The van der Waals surface area contributed by atoms with Gasteiger partial charge in [0.2, 0.25) is 0 Å². The molecule has 0 aliphatic carbocycles. The van der Waals surface area contributed by atoms with Crippen LogP contribution in [0.15, 0.2) is 48.5 Å². The molecular weight excluding hydrogens is 312 g/mol. The van der Waals surface area contributed by atoms with Crippen molar-refractivity contribution in [3.8, 4) is 0 Å². The Labute approximate surface area is 139 Å². The molecule has 23 heavy (non-hydrogen) atoms. The van der Waals surface area contributed by atoms with Gasteiger partial charge in [-0.1, -0.05) is 41.9 Å². The van der Waals surface area contributed by atoms with Crippen LogP contribution >= 0.6 is 11.6 Å². The summed E-state index contributed by atoms with van der Waals surface area (Å²) in [5.74, 6) is 0.410. The van der Waals surface area contributed by atoms with Gasteiger partial charge in [0.1, 0.15) is 12.2 Å². The monoisotopic (exact) mass is 328 g/mol. The lowest BCUT2D eigenvalue weighted by Crippen LogP contribution is -2.13. The van der Waals surface area contributed by atoms with Crippen LogP contribution in [-0.4, -0.2) is 22.1 Å². The topological polar surface area (TPSA) is 44.1 Å². The van der Waals surface area contributed by atoms with Crippen LogP contribution in [0.1, 0.15) is 18.3 Å². The van der Waals surface area contributed by atoms with Gasteiger partial charge in [-0.15, -0.1) is 0 Å². The van der Waals surface area contributed by atoms with Gasteiger partial charge >= 0.3 is 5.97 Å². The fourth-order valence-corrected chi connectivity index (χ4v) is 2.74. The zero-order chi connectivity index (χ0) is 16.2. The van der Waals surface area contributed by atoms with E-state index in [1.54, 1.807) is 6.92 Å². The average molecular weight is 329 g/mol. The van der Waals surface area contributed by atoms with Crippen molar-refractivity contribution in [2.24, 2.45) is 0 Å². The molecule has 0 atom stereocenters. The fourth-order valence-electron chi connectivity index (χ4n) is 2.57. The van der Waals surface area contributed by atoms with Crippen LogP contribution in [0.25, 0.3) is 11.0 Å². The van der Waals surface area contributed by atoms with E-state index in [0.29, 0.717) is 24.0 Å². The predicted molar refractivity (Wildman–Crippen MR) is 90.6 cm³/mol. The number of imidazole rings is 1. The van der Waals surface area contributed by atoms with Crippen molar-refractivity contribution in [1.82, 2.24) is 9.55 Å². The molecule has 0 aliphatic rings. The summed E-state index contributed by atoms with van der Waals surface area (Å²) in [7, 11) is 0. The number of benzene rings is 2. The molecule has 118 valence electrons. The summed E-state index contributed by atoms with van der Waals surface area (Å²) in [6.45, 7) is 2.81. The van der Waals surface area contributed by atoms with E-state index in [2.05, 4.69) is 17.1 Å². The zero-order valence-electron chi connectivity index (χ0n) is 12.8. The molecule has 0 spiro atoms. The van der Waals surface area contributed by atoms with Crippen LogP contribution in [0, 0.1) is 0 Å². The summed E-state index contributed by atoms with van der Waals surface area (Å²) < 4.78 is 7.09. The second-order valence-corrected chi connectivity index (χ2v) is 5.65. The molecule has 0 N–H and O–H groups in total. The Hall–Kier alpha value is -2.33. The summed E-state index contributed by atoms with van der Waals surface area (Å²) >= 11 is 6.06. The predicted octanol–water partition coefficient (Wildman–Crippen LogP) is 3.84. The molecule has 5 heteroatoms. The van der Waals surface area contributed by atoms with Gasteiger partial charge in [0.25, 0.3) is 0 Å². The number of rotatable bonds is 5. The van der Waals surface area contributed by atoms with E-state index in [1.165, 1.54) is 0 Å². The number of carbonyl (C=O) groups excluding carboxylic acids is 1. The molecule has 3 aromatic rings. The number of ether oxygens (including phenoxy) is 1.